The summed E-state index contributed by atoms with van der Waals surface area (Å²) in [5.74, 6) is 1.38. The number of anilines is 2. The molecule has 0 radical (unpaired) electrons. The normalized spacial score (nSPS) is 19.9. The van der Waals surface area contributed by atoms with Gasteiger partial charge >= 0.3 is 0 Å². The third-order valence-corrected chi connectivity index (χ3v) is 6.35. The van der Waals surface area contributed by atoms with Crippen molar-refractivity contribution in [2.45, 2.75) is 52.0 Å². The van der Waals surface area contributed by atoms with Crippen molar-refractivity contribution in [1.29, 1.82) is 0 Å². The second-order valence-corrected chi connectivity index (χ2v) is 10.2. The van der Waals surface area contributed by atoms with E-state index in [-0.39, 0.29) is 29.8 Å². The molecule has 11 heteroatoms. The van der Waals surface area contributed by atoms with Crippen molar-refractivity contribution in [3.05, 3.63) is 65.4 Å². The fraction of sp³-hybridized carbons (Fsp3) is 0.370. The lowest BCUT2D eigenvalue weighted by molar-refractivity contribution is 0.102. The Morgan fingerprint density at radius 1 is 1.34 bits per heavy atom. The van der Waals surface area contributed by atoms with Crippen LogP contribution in [-0.4, -0.2) is 58.1 Å². The van der Waals surface area contributed by atoms with Crippen LogP contribution in [0, 0.1) is 6.92 Å². The zero-order valence-electron chi connectivity index (χ0n) is 22.2. The fourth-order valence-corrected chi connectivity index (χ4v) is 4.16. The molecule has 0 unspecified atom stereocenters. The van der Waals surface area contributed by atoms with E-state index in [9.17, 15) is 9.90 Å². The topological polar surface area (TPSA) is 154 Å². The van der Waals surface area contributed by atoms with Gasteiger partial charge < -0.3 is 30.9 Å². The maximum atomic E-state index is 13.0. The molecular weight excluding hydrogens is 484 g/mol. The second-order valence-electron chi connectivity index (χ2n) is 10.2. The minimum atomic E-state index is -0.337. The Hall–Kier alpha value is -4.25. The van der Waals surface area contributed by atoms with Crippen molar-refractivity contribution < 1.29 is 14.4 Å². The molecule has 2 aliphatic rings. The van der Waals surface area contributed by atoms with Crippen molar-refractivity contribution in [2.24, 2.45) is 20.7 Å². The molecule has 1 aromatic heterocycles. The molecule has 0 saturated carbocycles. The SMILES string of the molecule is C=C/N=C1/C=NC(N2CCC[C@H]2CO)=N/C1=C(/N)Nc1cc(C(=O)Nc2cc(C(C)(C)C)on2)ccc1C. The van der Waals surface area contributed by atoms with E-state index >= 15 is 0 Å². The van der Waals surface area contributed by atoms with Crippen molar-refractivity contribution in [2.75, 3.05) is 23.8 Å². The van der Waals surface area contributed by atoms with Gasteiger partial charge in [-0.2, -0.15) is 0 Å². The van der Waals surface area contributed by atoms with Crippen molar-refractivity contribution >= 4 is 35.3 Å². The molecule has 11 nitrogen and oxygen atoms in total. The highest BCUT2D eigenvalue weighted by atomic mass is 16.5. The molecule has 1 aromatic carbocycles. The number of aryl methyl sites for hydroxylation is 1. The highest BCUT2D eigenvalue weighted by Crippen LogP contribution is 2.26. The number of rotatable bonds is 6. The maximum Gasteiger partial charge on any atom is 0.256 e. The van der Waals surface area contributed by atoms with Gasteiger partial charge in [0.25, 0.3) is 5.91 Å². The molecule has 3 heterocycles. The molecular formula is C27H34N8O3. The quantitative estimate of drug-likeness (QED) is 0.456. The molecule has 200 valence electrons. The lowest BCUT2D eigenvalue weighted by Crippen LogP contribution is -2.38. The fourth-order valence-electron chi connectivity index (χ4n) is 4.16. The Bertz CT molecular complexity index is 1350. The number of carbonyl (C=O) groups is 1. The molecule has 2 aromatic rings. The first-order chi connectivity index (χ1) is 18.1. The van der Waals surface area contributed by atoms with Crippen molar-refractivity contribution in [3.63, 3.8) is 0 Å². The number of guanidine groups is 1. The lowest BCUT2D eigenvalue weighted by atomic mass is 9.93. The standard InChI is InChI=1S/C27H34N8O3/c1-6-29-20-14-30-26(35-11-7-8-18(35)15-36)33-23(20)24(28)31-19-12-17(10-9-16(19)2)25(37)32-22-13-21(38-34-22)27(3,4)5/h6,9-10,12-14,18,31,36H,1,7-8,11,15,28H2,2-5H3,(H,32,34,37)/b24-23-,29-20-/t18-/m0/s1. The number of amides is 1. The van der Waals surface area contributed by atoms with Crippen LogP contribution in [0.4, 0.5) is 11.5 Å². The summed E-state index contributed by atoms with van der Waals surface area (Å²) in [4.78, 5) is 28.3. The van der Waals surface area contributed by atoms with Gasteiger partial charge in [-0.3, -0.25) is 9.79 Å². The molecule has 38 heavy (non-hydrogen) atoms. The number of aromatic nitrogens is 1. The van der Waals surface area contributed by atoms with Gasteiger partial charge in [0.15, 0.2) is 5.82 Å². The van der Waals surface area contributed by atoms with Gasteiger partial charge in [0, 0.05) is 35.5 Å². The van der Waals surface area contributed by atoms with Crippen LogP contribution in [-0.2, 0) is 5.41 Å². The summed E-state index contributed by atoms with van der Waals surface area (Å²) < 4.78 is 5.36. The number of nitrogens with zero attached hydrogens (tertiary/aromatic N) is 5. The summed E-state index contributed by atoms with van der Waals surface area (Å²) in [6, 6.07) is 6.93. The maximum absolute atomic E-state index is 13.0. The molecule has 1 saturated heterocycles. The van der Waals surface area contributed by atoms with E-state index in [1.54, 1.807) is 24.4 Å². The van der Waals surface area contributed by atoms with Crippen molar-refractivity contribution in [3.8, 4) is 0 Å². The Labute approximate surface area is 221 Å². The lowest BCUT2D eigenvalue weighted by Gasteiger charge is -2.26. The minimum Gasteiger partial charge on any atom is -0.394 e. The van der Waals surface area contributed by atoms with Gasteiger partial charge in [-0.25, -0.2) is 9.98 Å². The Balaban J connectivity index is 1.59. The monoisotopic (exact) mass is 518 g/mol. The van der Waals surface area contributed by atoms with Crippen molar-refractivity contribution in [1.82, 2.24) is 10.1 Å². The zero-order valence-corrected chi connectivity index (χ0v) is 22.2. The van der Waals surface area contributed by atoms with Crippen LogP contribution in [0.2, 0.25) is 0 Å². The number of carbonyl (C=O) groups excluding carboxylic acids is 1. The van der Waals surface area contributed by atoms with E-state index in [4.69, 9.17) is 10.3 Å². The van der Waals surface area contributed by atoms with Gasteiger partial charge in [0.2, 0.25) is 5.96 Å². The Morgan fingerprint density at radius 3 is 2.82 bits per heavy atom. The minimum absolute atomic E-state index is 0.0227. The molecule has 4 rings (SSSR count). The number of aliphatic hydroxyl groups excluding tert-OH is 1. The second kappa shape index (κ2) is 11.0. The first kappa shape index (κ1) is 26.8. The molecule has 5 N–H and O–H groups in total. The number of hydrogen-bond acceptors (Lipinski definition) is 10. The van der Waals surface area contributed by atoms with Crippen LogP contribution in [0.25, 0.3) is 0 Å². The van der Waals surface area contributed by atoms with Crippen LogP contribution < -0.4 is 16.4 Å². The largest absolute Gasteiger partial charge is 0.394 e. The molecule has 1 atom stereocenters. The highest BCUT2D eigenvalue weighted by molar-refractivity contribution is 6.41. The summed E-state index contributed by atoms with van der Waals surface area (Å²) >= 11 is 0. The predicted molar refractivity (Wildman–Crippen MR) is 150 cm³/mol. The van der Waals surface area contributed by atoms with E-state index in [1.807, 2.05) is 38.7 Å². The van der Waals surface area contributed by atoms with E-state index in [1.165, 1.54) is 6.20 Å². The summed E-state index contributed by atoms with van der Waals surface area (Å²) in [7, 11) is 0. The Kier molecular flexibility index (Phi) is 7.77. The first-order valence-corrected chi connectivity index (χ1v) is 12.5. The molecule has 1 amide bonds. The van der Waals surface area contributed by atoms with E-state index < -0.39 is 0 Å². The van der Waals surface area contributed by atoms with Crippen LogP contribution in [0.1, 0.15) is 55.3 Å². The van der Waals surface area contributed by atoms with Crippen LogP contribution in [0.3, 0.4) is 0 Å². The van der Waals surface area contributed by atoms with Crippen LogP contribution in [0.15, 0.2) is 68.1 Å². The summed E-state index contributed by atoms with van der Waals surface area (Å²) in [5.41, 5.74) is 9.01. The van der Waals surface area contributed by atoms with Crippen LogP contribution >= 0.6 is 0 Å². The molecule has 0 aliphatic carbocycles. The number of hydrogen-bond donors (Lipinski definition) is 4. The average molecular weight is 519 g/mol. The smallest absolute Gasteiger partial charge is 0.256 e. The van der Waals surface area contributed by atoms with Gasteiger partial charge in [-0.05, 0) is 37.5 Å². The summed E-state index contributed by atoms with van der Waals surface area (Å²) in [6.07, 6.45) is 4.79. The molecule has 1 fully saturated rings. The van der Waals surface area contributed by atoms with E-state index in [0.717, 1.165) is 24.9 Å². The van der Waals surface area contributed by atoms with Gasteiger partial charge in [-0.15, -0.1) is 0 Å². The van der Waals surface area contributed by atoms with Gasteiger partial charge in [-0.1, -0.05) is 38.6 Å². The third-order valence-electron chi connectivity index (χ3n) is 6.35. The zero-order chi connectivity index (χ0) is 27.4. The van der Waals surface area contributed by atoms with E-state index in [2.05, 4.69) is 37.3 Å². The number of benzene rings is 1. The highest BCUT2D eigenvalue weighted by Gasteiger charge is 2.29. The number of aliphatic imine (C=N–C) groups is 3. The third kappa shape index (κ3) is 5.83. The van der Waals surface area contributed by atoms with E-state index in [0.29, 0.717) is 40.2 Å². The molecule has 2 aliphatic heterocycles. The first-order valence-electron chi connectivity index (χ1n) is 12.5. The number of allylic oxidation sites excluding steroid dienone is 1. The molecule has 0 spiro atoms. The summed E-state index contributed by atoms with van der Waals surface area (Å²) in [6.45, 7) is 12.3. The molecule has 0 bridgehead atoms. The number of nitrogens with two attached hydrogens (primary N) is 1. The Morgan fingerprint density at radius 2 is 2.13 bits per heavy atom. The number of nitrogens with one attached hydrogen (secondary N) is 2. The van der Waals surface area contributed by atoms with Gasteiger partial charge in [0.05, 0.1) is 18.9 Å². The van der Waals surface area contributed by atoms with Crippen LogP contribution in [0.5, 0.6) is 0 Å². The predicted octanol–water partition coefficient (Wildman–Crippen LogP) is 3.55. The summed E-state index contributed by atoms with van der Waals surface area (Å²) in [5, 5.41) is 19.6. The van der Waals surface area contributed by atoms with Gasteiger partial charge in [0.1, 0.15) is 23.0 Å². The number of likely N-dealkylation sites (tertiary alicyclic amines) is 1. The average Bonchev–Trinajstić information content (AvgIpc) is 3.55. The number of aliphatic hydroxyl groups is 1.